The zero-order valence-electron chi connectivity index (χ0n) is 32.8. The molecule has 2 aromatic heterocycles. The number of fused-ring (bicyclic) bond motifs is 18. The summed E-state index contributed by atoms with van der Waals surface area (Å²) in [6, 6.07) is 54.7. The van der Waals surface area contributed by atoms with Gasteiger partial charge in [-0.1, -0.05) is 147 Å². The van der Waals surface area contributed by atoms with Gasteiger partial charge in [0.15, 0.2) is 0 Å². The van der Waals surface area contributed by atoms with Crippen molar-refractivity contribution in [2.75, 3.05) is 0 Å². The van der Waals surface area contributed by atoms with Gasteiger partial charge in [-0.05, 0) is 114 Å². The highest BCUT2D eigenvalue weighted by Crippen LogP contribution is 2.62. The van der Waals surface area contributed by atoms with E-state index in [1.165, 1.54) is 105 Å². The SMILES string of the molecule is CC1(C)c2ccccc2-c2ccc(-c3nc(-n4c5cc6ccccc6cc5c5c6c(c7ccccc7c54)C4c5ccccc5-c5cccc-6c54)nc4c3CCC=C4)cc21. The van der Waals surface area contributed by atoms with Gasteiger partial charge in [0.1, 0.15) is 0 Å². The molecule has 4 aliphatic rings. The zero-order valence-corrected chi connectivity index (χ0v) is 32.8. The van der Waals surface area contributed by atoms with E-state index >= 15 is 0 Å². The third kappa shape index (κ3) is 3.98. The number of aromatic nitrogens is 3. The van der Waals surface area contributed by atoms with Gasteiger partial charge in [-0.15, -0.1) is 0 Å². The van der Waals surface area contributed by atoms with Crippen molar-refractivity contribution < 1.29 is 0 Å². The lowest BCUT2D eigenvalue weighted by molar-refractivity contribution is 0.660. The van der Waals surface area contributed by atoms with E-state index < -0.39 is 0 Å². The Balaban J connectivity index is 1.12. The number of nitrogens with zero attached hydrogens (tertiary/aromatic N) is 3. The lowest BCUT2D eigenvalue weighted by atomic mass is 9.81. The van der Waals surface area contributed by atoms with Crippen LogP contribution >= 0.6 is 0 Å². The Hall–Kier alpha value is -7.10. The second-order valence-electron chi connectivity index (χ2n) is 17.5. The molecule has 4 aliphatic carbocycles. The molecule has 0 saturated heterocycles. The summed E-state index contributed by atoms with van der Waals surface area (Å²) >= 11 is 0. The minimum Gasteiger partial charge on any atom is -0.277 e. The van der Waals surface area contributed by atoms with Gasteiger partial charge in [-0.2, -0.15) is 0 Å². The third-order valence-electron chi connectivity index (χ3n) is 14.3. The molecule has 10 aromatic rings. The van der Waals surface area contributed by atoms with Crippen LogP contribution in [0.15, 0.2) is 152 Å². The Morgan fingerprint density at radius 1 is 0.593 bits per heavy atom. The van der Waals surface area contributed by atoms with Crippen LogP contribution in [0.3, 0.4) is 0 Å². The predicted molar refractivity (Wildman–Crippen MR) is 244 cm³/mol. The van der Waals surface area contributed by atoms with Crippen LogP contribution in [-0.4, -0.2) is 14.5 Å². The highest BCUT2D eigenvalue weighted by atomic mass is 15.2. The summed E-state index contributed by atoms with van der Waals surface area (Å²) in [5.41, 5.74) is 21.7. The van der Waals surface area contributed by atoms with Crippen molar-refractivity contribution in [3.63, 3.8) is 0 Å². The molecule has 3 heteroatoms. The second-order valence-corrected chi connectivity index (χ2v) is 17.5. The van der Waals surface area contributed by atoms with Gasteiger partial charge in [-0.25, -0.2) is 9.97 Å². The van der Waals surface area contributed by atoms with Crippen LogP contribution in [0.2, 0.25) is 0 Å². The Morgan fingerprint density at radius 2 is 1.32 bits per heavy atom. The molecule has 0 amide bonds. The first kappa shape index (κ1) is 31.9. The molecule has 3 nitrogen and oxygen atoms in total. The van der Waals surface area contributed by atoms with Gasteiger partial charge in [0.25, 0.3) is 0 Å². The van der Waals surface area contributed by atoms with Gasteiger partial charge in [0.05, 0.1) is 22.4 Å². The largest absolute Gasteiger partial charge is 0.277 e. The molecular weight excluding hydrogens is 715 g/mol. The summed E-state index contributed by atoms with van der Waals surface area (Å²) in [5.74, 6) is 0.905. The predicted octanol–water partition coefficient (Wildman–Crippen LogP) is 14.0. The molecule has 0 spiro atoms. The van der Waals surface area contributed by atoms with Crippen LogP contribution < -0.4 is 0 Å². The second kappa shape index (κ2) is 11.1. The normalized spacial score (nSPS) is 16.1. The lowest BCUT2D eigenvalue weighted by Crippen LogP contribution is -2.15. The fourth-order valence-electron chi connectivity index (χ4n) is 11.7. The first-order valence-electron chi connectivity index (χ1n) is 21.0. The van der Waals surface area contributed by atoms with Crippen molar-refractivity contribution in [1.29, 1.82) is 0 Å². The molecular formula is C56H37N3. The van der Waals surface area contributed by atoms with E-state index in [1.54, 1.807) is 0 Å². The summed E-state index contributed by atoms with van der Waals surface area (Å²) in [4.78, 5) is 11.3. The smallest absolute Gasteiger partial charge is 0.235 e. The monoisotopic (exact) mass is 751 g/mol. The van der Waals surface area contributed by atoms with E-state index in [4.69, 9.17) is 9.97 Å². The molecule has 2 heterocycles. The molecule has 59 heavy (non-hydrogen) atoms. The molecule has 0 aliphatic heterocycles. The minimum absolute atomic E-state index is 0.109. The van der Waals surface area contributed by atoms with Gasteiger partial charge < -0.3 is 0 Å². The maximum atomic E-state index is 5.73. The maximum absolute atomic E-state index is 5.73. The number of hydrogen-bond acceptors (Lipinski definition) is 2. The first-order valence-corrected chi connectivity index (χ1v) is 21.0. The van der Waals surface area contributed by atoms with Crippen molar-refractivity contribution in [3.05, 3.63) is 191 Å². The van der Waals surface area contributed by atoms with Gasteiger partial charge in [0.2, 0.25) is 5.95 Å². The Kier molecular flexibility index (Phi) is 6.00. The van der Waals surface area contributed by atoms with Crippen LogP contribution in [0.4, 0.5) is 0 Å². The highest BCUT2D eigenvalue weighted by molar-refractivity contribution is 6.28. The molecule has 0 N–H and O–H groups in total. The van der Waals surface area contributed by atoms with Crippen LogP contribution in [0.5, 0.6) is 0 Å². The van der Waals surface area contributed by atoms with E-state index in [-0.39, 0.29) is 11.3 Å². The number of hydrogen-bond donors (Lipinski definition) is 0. The average Bonchev–Trinajstić information content (AvgIpc) is 3.98. The average molecular weight is 752 g/mol. The summed E-state index contributed by atoms with van der Waals surface area (Å²) in [6.45, 7) is 4.72. The Labute approximate surface area is 342 Å². The molecule has 1 unspecified atom stereocenters. The summed E-state index contributed by atoms with van der Waals surface area (Å²) in [7, 11) is 0. The van der Waals surface area contributed by atoms with E-state index in [2.05, 4.69) is 176 Å². The molecule has 0 bridgehead atoms. The lowest BCUT2D eigenvalue weighted by Gasteiger charge is -2.23. The van der Waals surface area contributed by atoms with E-state index in [1.807, 2.05) is 0 Å². The molecule has 1 atom stereocenters. The number of rotatable bonds is 2. The van der Waals surface area contributed by atoms with E-state index in [0.29, 0.717) is 0 Å². The number of benzene rings is 8. The van der Waals surface area contributed by atoms with Crippen molar-refractivity contribution in [1.82, 2.24) is 14.5 Å². The Morgan fingerprint density at radius 3 is 2.22 bits per heavy atom. The van der Waals surface area contributed by atoms with Crippen LogP contribution in [0.25, 0.3) is 100 Å². The Bertz CT molecular complexity index is 3600. The van der Waals surface area contributed by atoms with Crippen molar-refractivity contribution in [3.8, 4) is 50.6 Å². The fraction of sp³-hybridized carbons (Fsp3) is 0.107. The topological polar surface area (TPSA) is 30.7 Å². The maximum Gasteiger partial charge on any atom is 0.235 e. The molecule has 0 saturated carbocycles. The summed E-state index contributed by atoms with van der Waals surface area (Å²) in [5, 5.41) is 7.50. The van der Waals surface area contributed by atoms with Crippen molar-refractivity contribution in [2.45, 2.75) is 38.0 Å². The zero-order chi connectivity index (χ0) is 38.7. The fourth-order valence-corrected chi connectivity index (χ4v) is 11.7. The molecule has 0 fully saturated rings. The molecule has 0 radical (unpaired) electrons. The van der Waals surface area contributed by atoms with E-state index in [9.17, 15) is 0 Å². The minimum atomic E-state index is -0.109. The van der Waals surface area contributed by atoms with Crippen LogP contribution in [0.1, 0.15) is 65.3 Å². The van der Waals surface area contributed by atoms with Gasteiger partial charge in [-0.3, -0.25) is 4.57 Å². The van der Waals surface area contributed by atoms with Crippen LogP contribution in [-0.2, 0) is 11.8 Å². The number of allylic oxidation sites excluding steroid dienone is 1. The molecule has 8 aromatic carbocycles. The first-order chi connectivity index (χ1) is 29.0. The van der Waals surface area contributed by atoms with E-state index in [0.717, 1.165) is 41.3 Å². The molecule has 276 valence electrons. The van der Waals surface area contributed by atoms with Gasteiger partial charge >= 0.3 is 0 Å². The summed E-state index contributed by atoms with van der Waals surface area (Å²) in [6.07, 6.45) is 6.40. The van der Waals surface area contributed by atoms with Crippen molar-refractivity contribution >= 4 is 49.4 Å². The molecule has 14 rings (SSSR count). The third-order valence-corrected chi connectivity index (χ3v) is 14.3. The highest BCUT2D eigenvalue weighted by Gasteiger charge is 2.42. The van der Waals surface area contributed by atoms with Crippen molar-refractivity contribution in [2.24, 2.45) is 0 Å². The van der Waals surface area contributed by atoms with Gasteiger partial charge in [0, 0.05) is 38.6 Å². The summed E-state index contributed by atoms with van der Waals surface area (Å²) < 4.78 is 2.41. The standard InChI is InChI=1S/C56H37N3/c1-56(2)44-24-11-9-17-35(44)36-27-26-33(29-45(36)56)53-41-21-10-12-25-46(41)57-55(58-53)59-47-30-32-15-4-3-14-31(32)28-43(47)52-51-42-23-13-22-37-34-16-5-6-18-38(34)49(48(37)42)50(51)39-19-7-8-20-40(39)54(52)59/h3-9,11-20,22-30,49H,10,21H2,1-2H3. The van der Waals surface area contributed by atoms with Crippen LogP contribution in [0, 0.1) is 0 Å². The quantitative estimate of drug-likeness (QED) is 0.176.